The Balaban J connectivity index is 1.42. The molecule has 1 N–H and O–H groups in total. The maximum atomic E-state index is 13.9. The second kappa shape index (κ2) is 8.27. The van der Waals surface area contributed by atoms with Gasteiger partial charge in [0.25, 0.3) is 11.6 Å². The Kier molecular flexibility index (Phi) is 5.36. The molecule has 0 radical (unpaired) electrons. The van der Waals surface area contributed by atoms with E-state index in [0.717, 1.165) is 18.2 Å². The topological polar surface area (TPSA) is 138 Å². The number of hydrogen-bond donors (Lipinski definition) is 1. The molecule has 1 aliphatic heterocycles. The summed E-state index contributed by atoms with van der Waals surface area (Å²) in [6.45, 7) is 0.827. The third-order valence-electron chi connectivity index (χ3n) is 5.02. The van der Waals surface area contributed by atoms with Gasteiger partial charge in [-0.05, 0) is 31.0 Å². The summed E-state index contributed by atoms with van der Waals surface area (Å²) in [7, 11) is 0. The molecule has 0 aliphatic carbocycles. The number of carbonyl (C=O) groups is 1. The van der Waals surface area contributed by atoms with E-state index in [1.165, 1.54) is 6.26 Å². The lowest BCUT2D eigenvalue weighted by Crippen LogP contribution is -2.38. The van der Waals surface area contributed by atoms with Crippen LogP contribution in [-0.4, -0.2) is 28.9 Å². The minimum absolute atomic E-state index is 0.118. The highest BCUT2D eigenvalue weighted by Gasteiger charge is 2.30. The van der Waals surface area contributed by atoms with E-state index in [1.54, 1.807) is 12.1 Å². The highest BCUT2D eigenvalue weighted by atomic mass is 19.1. The molecule has 1 amide bonds. The minimum Gasteiger partial charge on any atom is -0.459 e. The molecule has 0 spiro atoms. The van der Waals surface area contributed by atoms with Crippen LogP contribution in [0.1, 0.15) is 18.5 Å². The van der Waals surface area contributed by atoms with E-state index in [-0.39, 0.29) is 23.0 Å². The van der Waals surface area contributed by atoms with Crippen LogP contribution in [0, 0.1) is 33.2 Å². The van der Waals surface area contributed by atoms with Crippen LogP contribution in [0.3, 0.4) is 0 Å². The average Bonchev–Trinajstić information content (AvgIpc) is 3.45. The van der Waals surface area contributed by atoms with Crippen molar-refractivity contribution < 1.29 is 22.9 Å². The first-order chi connectivity index (χ1) is 15.0. The Morgan fingerprint density at radius 1 is 1.35 bits per heavy atom. The number of rotatable bonds is 5. The lowest BCUT2D eigenvalue weighted by molar-refractivity contribution is -0.384. The molecular weight excluding hydrogens is 409 g/mol. The van der Waals surface area contributed by atoms with Crippen LogP contribution in [0.15, 0.2) is 45.4 Å². The summed E-state index contributed by atoms with van der Waals surface area (Å²) < 4.78 is 24.9. The van der Waals surface area contributed by atoms with Crippen LogP contribution in [0.25, 0.3) is 11.7 Å². The number of oxazole rings is 1. The van der Waals surface area contributed by atoms with Crippen LogP contribution in [0.2, 0.25) is 0 Å². The summed E-state index contributed by atoms with van der Waals surface area (Å²) in [5, 5.41) is 22.7. The number of nitriles is 1. The highest BCUT2D eigenvalue weighted by molar-refractivity contribution is 5.93. The first-order valence-corrected chi connectivity index (χ1v) is 9.41. The number of anilines is 2. The van der Waals surface area contributed by atoms with Gasteiger partial charge in [-0.2, -0.15) is 10.2 Å². The van der Waals surface area contributed by atoms with Crippen LogP contribution in [-0.2, 0) is 4.79 Å². The van der Waals surface area contributed by atoms with Gasteiger partial charge < -0.3 is 19.1 Å². The number of nitro groups is 1. The molecule has 0 bridgehead atoms. The summed E-state index contributed by atoms with van der Waals surface area (Å²) in [6.07, 6.45) is 2.31. The monoisotopic (exact) mass is 425 g/mol. The number of aromatic nitrogens is 1. The van der Waals surface area contributed by atoms with E-state index < -0.39 is 22.6 Å². The van der Waals surface area contributed by atoms with Crippen LogP contribution >= 0.6 is 0 Å². The van der Waals surface area contributed by atoms with Crippen molar-refractivity contribution in [2.24, 2.45) is 5.92 Å². The lowest BCUT2D eigenvalue weighted by Gasteiger charge is -2.30. The zero-order valence-corrected chi connectivity index (χ0v) is 16.1. The molecule has 3 heterocycles. The van der Waals surface area contributed by atoms with Gasteiger partial charge in [0.05, 0.1) is 16.9 Å². The molecule has 158 valence electrons. The number of amides is 1. The standard InChI is InChI=1S/C20H16FN5O5/c21-14-4-3-13(26(28)29)10-15(14)23-18(27)12-5-7-25(8-6-12)20-16(11-22)24-19(31-20)17-2-1-9-30-17/h1-4,9-10,12H,5-8H2,(H,23,27). The van der Waals surface area contributed by atoms with Gasteiger partial charge in [-0.15, -0.1) is 0 Å². The van der Waals surface area contributed by atoms with Crippen molar-refractivity contribution in [2.45, 2.75) is 12.8 Å². The molecule has 3 aromatic rings. The van der Waals surface area contributed by atoms with Crippen molar-refractivity contribution in [3.05, 3.63) is 58.2 Å². The molecule has 11 heteroatoms. The Morgan fingerprint density at radius 2 is 2.13 bits per heavy atom. The lowest BCUT2D eigenvalue weighted by atomic mass is 9.95. The molecule has 2 aromatic heterocycles. The molecule has 0 unspecified atom stereocenters. The molecule has 4 rings (SSSR count). The van der Waals surface area contributed by atoms with Gasteiger partial charge in [0.15, 0.2) is 5.76 Å². The van der Waals surface area contributed by atoms with Crippen molar-refractivity contribution in [3.63, 3.8) is 0 Å². The summed E-state index contributed by atoms with van der Waals surface area (Å²) in [6, 6.07) is 8.31. The van der Waals surface area contributed by atoms with Gasteiger partial charge in [0, 0.05) is 31.1 Å². The SMILES string of the molecule is N#Cc1nc(-c2ccco2)oc1N1CCC(C(=O)Nc2cc([N+](=O)[O-])ccc2F)CC1. The number of nitrogens with one attached hydrogen (secondary N) is 1. The summed E-state index contributed by atoms with van der Waals surface area (Å²) >= 11 is 0. The fraction of sp³-hybridized carbons (Fsp3) is 0.250. The van der Waals surface area contributed by atoms with Gasteiger partial charge in [0.2, 0.25) is 17.5 Å². The van der Waals surface area contributed by atoms with Gasteiger partial charge >= 0.3 is 0 Å². The predicted molar refractivity (Wildman–Crippen MR) is 106 cm³/mol. The summed E-state index contributed by atoms with van der Waals surface area (Å²) in [5.41, 5.74) is -0.423. The van der Waals surface area contributed by atoms with Gasteiger partial charge in [-0.25, -0.2) is 4.39 Å². The fourth-order valence-corrected chi connectivity index (χ4v) is 3.41. The third kappa shape index (κ3) is 4.09. The van der Waals surface area contributed by atoms with Crippen molar-refractivity contribution in [3.8, 4) is 17.7 Å². The average molecular weight is 425 g/mol. The van der Waals surface area contributed by atoms with E-state index >= 15 is 0 Å². The van der Waals surface area contributed by atoms with E-state index in [0.29, 0.717) is 37.6 Å². The molecule has 1 aliphatic rings. The Hall–Kier alpha value is -4.20. The van der Waals surface area contributed by atoms with Crippen molar-refractivity contribution in [2.75, 3.05) is 23.3 Å². The fourth-order valence-electron chi connectivity index (χ4n) is 3.41. The van der Waals surface area contributed by atoms with Gasteiger partial charge in [0.1, 0.15) is 11.9 Å². The number of furan rings is 1. The van der Waals surface area contributed by atoms with Crippen molar-refractivity contribution >= 4 is 23.2 Å². The van der Waals surface area contributed by atoms with Crippen LogP contribution in [0.4, 0.5) is 21.6 Å². The highest BCUT2D eigenvalue weighted by Crippen LogP contribution is 2.32. The number of benzene rings is 1. The zero-order valence-electron chi connectivity index (χ0n) is 16.1. The molecule has 0 atom stereocenters. The van der Waals surface area contributed by atoms with Crippen LogP contribution < -0.4 is 10.2 Å². The maximum absolute atomic E-state index is 13.9. The molecule has 1 saturated heterocycles. The van der Waals surface area contributed by atoms with Gasteiger partial charge in [-0.3, -0.25) is 14.9 Å². The van der Waals surface area contributed by atoms with E-state index in [4.69, 9.17) is 8.83 Å². The first kappa shape index (κ1) is 20.1. The Labute approximate surface area is 175 Å². The van der Waals surface area contributed by atoms with E-state index in [9.17, 15) is 24.6 Å². The predicted octanol–water partition coefficient (Wildman–Crippen LogP) is 3.71. The molecule has 0 saturated carbocycles. The number of carbonyl (C=O) groups excluding carboxylic acids is 1. The second-order valence-corrected chi connectivity index (χ2v) is 6.93. The smallest absolute Gasteiger partial charge is 0.271 e. The summed E-state index contributed by atoms with van der Waals surface area (Å²) in [4.78, 5) is 28.7. The number of nitrogens with zero attached hydrogens (tertiary/aromatic N) is 4. The largest absolute Gasteiger partial charge is 0.459 e. The third-order valence-corrected chi connectivity index (χ3v) is 5.02. The molecule has 31 heavy (non-hydrogen) atoms. The molecule has 10 nitrogen and oxygen atoms in total. The minimum atomic E-state index is -0.748. The van der Waals surface area contributed by atoms with Crippen molar-refractivity contribution in [1.29, 1.82) is 5.26 Å². The quantitative estimate of drug-likeness (QED) is 0.482. The molecule has 1 fully saturated rings. The molecule has 1 aromatic carbocycles. The second-order valence-electron chi connectivity index (χ2n) is 6.93. The van der Waals surface area contributed by atoms with E-state index in [1.807, 2.05) is 11.0 Å². The number of nitro benzene ring substituents is 1. The Morgan fingerprint density at radius 3 is 2.77 bits per heavy atom. The van der Waals surface area contributed by atoms with Gasteiger partial charge in [-0.1, -0.05) is 0 Å². The number of halogens is 1. The number of piperidine rings is 1. The van der Waals surface area contributed by atoms with E-state index in [2.05, 4.69) is 10.3 Å². The zero-order chi connectivity index (χ0) is 22.0. The number of non-ortho nitro benzene ring substituents is 1. The first-order valence-electron chi connectivity index (χ1n) is 9.41. The number of hydrogen-bond acceptors (Lipinski definition) is 8. The Bertz CT molecular complexity index is 1160. The van der Waals surface area contributed by atoms with Crippen molar-refractivity contribution in [1.82, 2.24) is 4.98 Å². The maximum Gasteiger partial charge on any atom is 0.271 e. The normalized spacial score (nSPS) is 14.3. The molecular formula is C20H16FN5O5. The summed E-state index contributed by atoms with van der Waals surface area (Å²) in [5.74, 6) is -0.700. The van der Waals surface area contributed by atoms with Crippen LogP contribution in [0.5, 0.6) is 0 Å².